The fourth-order valence-corrected chi connectivity index (χ4v) is 6.08. The summed E-state index contributed by atoms with van der Waals surface area (Å²) < 4.78 is 0. The summed E-state index contributed by atoms with van der Waals surface area (Å²) >= 11 is 0. The van der Waals surface area contributed by atoms with Crippen molar-refractivity contribution in [1.82, 2.24) is 9.88 Å². The van der Waals surface area contributed by atoms with Crippen LogP contribution in [0.25, 0.3) is 10.9 Å². The molecule has 2 aliphatic rings. The second-order valence-electron chi connectivity index (χ2n) is 9.42. The van der Waals surface area contributed by atoms with Gasteiger partial charge in [0.25, 0.3) is 0 Å². The van der Waals surface area contributed by atoms with Gasteiger partial charge in [-0.05, 0) is 66.9 Å². The lowest BCUT2D eigenvalue weighted by Gasteiger charge is -2.35. The molecule has 1 N–H and O–H groups in total. The standard InChI is InChI=1S/C29H29N3/c1-32(18-8-17-30-28-16-15-21-9-2-7-14-27(21)31-28)20-29-19-24(22-10-3-5-12-25(22)29)23-11-4-6-13-26(23)29/h2-7,9-16,24H,8,17-20H2,1H3,(H,30,31). The average Bonchev–Trinajstić information content (AvgIpc) is 3.34. The highest BCUT2D eigenvalue weighted by Crippen LogP contribution is 2.60. The maximum Gasteiger partial charge on any atom is 0.126 e. The molecule has 0 saturated carbocycles. The van der Waals surface area contributed by atoms with Crippen molar-refractivity contribution in [3.05, 3.63) is 107 Å². The topological polar surface area (TPSA) is 28.2 Å². The number of likely N-dealkylation sites (N-methyl/N-ethyl adjacent to an activating group) is 1. The normalized spacial score (nSPS) is 20.5. The van der Waals surface area contributed by atoms with E-state index in [1.807, 2.05) is 6.07 Å². The van der Waals surface area contributed by atoms with E-state index >= 15 is 0 Å². The van der Waals surface area contributed by atoms with E-state index in [0.717, 1.165) is 37.4 Å². The predicted molar refractivity (Wildman–Crippen MR) is 132 cm³/mol. The van der Waals surface area contributed by atoms with Gasteiger partial charge in [0.15, 0.2) is 0 Å². The van der Waals surface area contributed by atoms with Gasteiger partial charge in [0.05, 0.1) is 5.52 Å². The van der Waals surface area contributed by atoms with E-state index in [4.69, 9.17) is 4.98 Å². The Kier molecular flexibility index (Phi) is 4.73. The molecule has 0 aliphatic heterocycles. The van der Waals surface area contributed by atoms with Crippen molar-refractivity contribution in [2.75, 3.05) is 32.0 Å². The Morgan fingerprint density at radius 1 is 0.875 bits per heavy atom. The predicted octanol–water partition coefficient (Wildman–Crippen LogP) is 5.80. The molecule has 3 nitrogen and oxygen atoms in total. The SMILES string of the molecule is CN(CCCNc1ccc2ccccc2n1)CC12CC(c3ccccc31)c1ccccc12. The Balaban J connectivity index is 1.13. The molecular formula is C29H29N3. The molecule has 3 heteroatoms. The van der Waals surface area contributed by atoms with Crippen molar-refractivity contribution in [1.29, 1.82) is 0 Å². The third-order valence-electron chi connectivity index (χ3n) is 7.42. The van der Waals surface area contributed by atoms with Gasteiger partial charge >= 0.3 is 0 Å². The highest BCUT2D eigenvalue weighted by Gasteiger charge is 2.52. The molecule has 0 fully saturated rings. The quantitative estimate of drug-likeness (QED) is 0.384. The maximum atomic E-state index is 4.73. The Morgan fingerprint density at radius 3 is 2.34 bits per heavy atom. The molecule has 4 aromatic rings. The maximum absolute atomic E-state index is 4.73. The largest absolute Gasteiger partial charge is 0.370 e. The Hall–Kier alpha value is -3.17. The van der Waals surface area contributed by atoms with Crippen LogP contribution in [-0.2, 0) is 5.41 Å². The molecular weight excluding hydrogens is 390 g/mol. The number of para-hydroxylation sites is 1. The first-order valence-corrected chi connectivity index (χ1v) is 11.7. The van der Waals surface area contributed by atoms with Crippen LogP contribution >= 0.6 is 0 Å². The van der Waals surface area contributed by atoms with E-state index in [9.17, 15) is 0 Å². The second-order valence-corrected chi connectivity index (χ2v) is 9.42. The minimum absolute atomic E-state index is 0.139. The number of hydrogen-bond acceptors (Lipinski definition) is 3. The number of nitrogens with one attached hydrogen (secondary N) is 1. The lowest BCUT2D eigenvalue weighted by Crippen LogP contribution is -2.38. The Bertz CT molecular complexity index is 1230. The Labute approximate surface area is 190 Å². The summed E-state index contributed by atoms with van der Waals surface area (Å²) in [6.07, 6.45) is 2.31. The van der Waals surface area contributed by atoms with E-state index < -0.39 is 0 Å². The molecule has 0 radical (unpaired) electrons. The van der Waals surface area contributed by atoms with Gasteiger partial charge in [0.2, 0.25) is 0 Å². The van der Waals surface area contributed by atoms with Crippen molar-refractivity contribution in [3.63, 3.8) is 0 Å². The van der Waals surface area contributed by atoms with Crippen LogP contribution in [0.4, 0.5) is 5.82 Å². The molecule has 32 heavy (non-hydrogen) atoms. The number of benzene rings is 3. The third-order valence-corrected chi connectivity index (χ3v) is 7.42. The van der Waals surface area contributed by atoms with Gasteiger partial charge in [-0.25, -0.2) is 4.98 Å². The zero-order valence-corrected chi connectivity index (χ0v) is 18.6. The molecule has 160 valence electrons. The first-order chi connectivity index (χ1) is 15.7. The monoisotopic (exact) mass is 419 g/mol. The van der Waals surface area contributed by atoms with Crippen LogP contribution in [0.15, 0.2) is 84.9 Å². The van der Waals surface area contributed by atoms with E-state index in [2.05, 4.69) is 96.1 Å². The van der Waals surface area contributed by atoms with Crippen LogP contribution in [-0.4, -0.2) is 36.6 Å². The third kappa shape index (κ3) is 3.11. The molecule has 2 bridgehead atoms. The number of anilines is 1. The fourth-order valence-electron chi connectivity index (χ4n) is 6.08. The summed E-state index contributed by atoms with van der Waals surface area (Å²) in [6.45, 7) is 3.07. The molecule has 0 atom stereocenters. The molecule has 1 aromatic heterocycles. The summed E-state index contributed by atoms with van der Waals surface area (Å²) in [5.74, 6) is 1.53. The lowest BCUT2D eigenvalue weighted by atomic mass is 9.75. The van der Waals surface area contributed by atoms with E-state index in [1.165, 1.54) is 11.8 Å². The van der Waals surface area contributed by atoms with Gasteiger partial charge in [-0.15, -0.1) is 0 Å². The summed E-state index contributed by atoms with van der Waals surface area (Å²) in [6, 6.07) is 30.7. The van der Waals surface area contributed by atoms with Gasteiger partial charge in [-0.2, -0.15) is 0 Å². The molecule has 6 rings (SSSR count). The highest BCUT2D eigenvalue weighted by atomic mass is 15.1. The van der Waals surface area contributed by atoms with Crippen LogP contribution in [0.3, 0.4) is 0 Å². The summed E-state index contributed by atoms with van der Waals surface area (Å²) in [5, 5.41) is 4.70. The minimum atomic E-state index is 0.139. The second kappa shape index (κ2) is 7.75. The number of aromatic nitrogens is 1. The zero-order valence-electron chi connectivity index (χ0n) is 18.6. The lowest BCUT2D eigenvalue weighted by molar-refractivity contribution is 0.272. The first kappa shape index (κ1) is 19.5. The summed E-state index contributed by atoms with van der Waals surface area (Å²) in [4.78, 5) is 7.25. The van der Waals surface area contributed by atoms with E-state index in [1.54, 1.807) is 22.3 Å². The van der Waals surface area contributed by atoms with Crippen molar-refractivity contribution >= 4 is 16.7 Å². The number of fused-ring (bicyclic) bond motifs is 9. The van der Waals surface area contributed by atoms with Gasteiger partial charge < -0.3 is 10.2 Å². The van der Waals surface area contributed by atoms with Crippen molar-refractivity contribution in [2.24, 2.45) is 0 Å². The van der Waals surface area contributed by atoms with Crippen LogP contribution in [0.1, 0.15) is 41.0 Å². The molecule has 3 aromatic carbocycles. The molecule has 1 heterocycles. The van der Waals surface area contributed by atoms with Crippen LogP contribution in [0.2, 0.25) is 0 Å². The number of nitrogens with zero attached hydrogens (tertiary/aromatic N) is 2. The molecule has 0 saturated heterocycles. The zero-order chi connectivity index (χ0) is 21.5. The van der Waals surface area contributed by atoms with Crippen LogP contribution in [0, 0.1) is 0 Å². The van der Waals surface area contributed by atoms with Crippen molar-refractivity contribution in [2.45, 2.75) is 24.2 Å². The van der Waals surface area contributed by atoms with Crippen LogP contribution in [0.5, 0.6) is 0 Å². The van der Waals surface area contributed by atoms with Crippen molar-refractivity contribution in [3.8, 4) is 0 Å². The van der Waals surface area contributed by atoms with Gasteiger partial charge in [0.1, 0.15) is 5.82 Å². The van der Waals surface area contributed by atoms with E-state index in [0.29, 0.717) is 5.92 Å². The van der Waals surface area contributed by atoms with Crippen molar-refractivity contribution < 1.29 is 0 Å². The van der Waals surface area contributed by atoms with Crippen LogP contribution < -0.4 is 5.32 Å². The molecule has 0 amide bonds. The average molecular weight is 420 g/mol. The number of pyridine rings is 1. The number of rotatable bonds is 7. The number of hydrogen-bond donors (Lipinski definition) is 1. The molecule has 0 unspecified atom stereocenters. The highest BCUT2D eigenvalue weighted by molar-refractivity contribution is 5.80. The minimum Gasteiger partial charge on any atom is -0.370 e. The summed E-state index contributed by atoms with van der Waals surface area (Å²) in [5.41, 5.74) is 7.37. The molecule has 2 aliphatic carbocycles. The van der Waals surface area contributed by atoms with Gasteiger partial charge in [-0.1, -0.05) is 66.7 Å². The van der Waals surface area contributed by atoms with E-state index in [-0.39, 0.29) is 5.41 Å². The molecule has 0 spiro atoms. The first-order valence-electron chi connectivity index (χ1n) is 11.7. The summed E-state index contributed by atoms with van der Waals surface area (Å²) in [7, 11) is 2.28. The smallest absolute Gasteiger partial charge is 0.126 e. The Morgan fingerprint density at radius 2 is 1.56 bits per heavy atom. The fraction of sp³-hybridized carbons (Fsp3) is 0.276. The van der Waals surface area contributed by atoms with Gasteiger partial charge in [0, 0.05) is 29.8 Å². The van der Waals surface area contributed by atoms with Gasteiger partial charge in [-0.3, -0.25) is 0 Å².